The molecular formula is C23H20N6OS. The van der Waals surface area contributed by atoms with Gasteiger partial charge in [-0.15, -0.1) is 11.3 Å². The number of anilines is 1. The van der Waals surface area contributed by atoms with E-state index in [9.17, 15) is 4.79 Å². The van der Waals surface area contributed by atoms with E-state index in [2.05, 4.69) is 15.5 Å². The maximum atomic E-state index is 13.3. The zero-order valence-corrected chi connectivity index (χ0v) is 17.9. The van der Waals surface area contributed by atoms with Crippen molar-refractivity contribution in [2.75, 3.05) is 5.32 Å². The van der Waals surface area contributed by atoms with Gasteiger partial charge in [-0.3, -0.25) is 4.79 Å². The highest BCUT2D eigenvalue weighted by Crippen LogP contribution is 2.29. The first-order valence-electron chi connectivity index (χ1n) is 9.95. The number of amides is 1. The van der Waals surface area contributed by atoms with E-state index in [-0.39, 0.29) is 11.9 Å². The first kappa shape index (κ1) is 19.2. The van der Waals surface area contributed by atoms with Crippen LogP contribution in [0.15, 0.2) is 72.4 Å². The molecule has 0 atom stereocenters. The van der Waals surface area contributed by atoms with Gasteiger partial charge >= 0.3 is 0 Å². The van der Waals surface area contributed by atoms with Crippen molar-refractivity contribution in [3.8, 4) is 16.3 Å². The summed E-state index contributed by atoms with van der Waals surface area (Å²) in [7, 11) is 0. The molecular weight excluding hydrogens is 408 g/mol. The van der Waals surface area contributed by atoms with Crippen molar-refractivity contribution in [3.63, 3.8) is 0 Å². The fraction of sp³-hybridized carbons (Fsp3) is 0.130. The molecule has 5 aromatic rings. The van der Waals surface area contributed by atoms with E-state index in [0.29, 0.717) is 22.4 Å². The molecule has 154 valence electrons. The van der Waals surface area contributed by atoms with Crippen LogP contribution in [0.1, 0.15) is 30.2 Å². The van der Waals surface area contributed by atoms with Crippen LogP contribution in [0.5, 0.6) is 0 Å². The average Bonchev–Trinajstić information content (AvgIpc) is 3.53. The van der Waals surface area contributed by atoms with Gasteiger partial charge in [0.1, 0.15) is 0 Å². The summed E-state index contributed by atoms with van der Waals surface area (Å²) in [6.07, 6.45) is 3.53. The molecule has 0 unspecified atom stereocenters. The Hall–Kier alpha value is -3.78. The number of nitrogens with zero attached hydrogens (tertiary/aromatic N) is 5. The van der Waals surface area contributed by atoms with Gasteiger partial charge in [-0.05, 0) is 43.5 Å². The number of hydrogen-bond acceptors (Lipinski definition) is 5. The van der Waals surface area contributed by atoms with Gasteiger partial charge in [-0.1, -0.05) is 24.3 Å². The maximum absolute atomic E-state index is 13.3. The van der Waals surface area contributed by atoms with Crippen LogP contribution >= 0.6 is 11.3 Å². The summed E-state index contributed by atoms with van der Waals surface area (Å²) in [5.41, 5.74) is 2.90. The first-order chi connectivity index (χ1) is 15.1. The summed E-state index contributed by atoms with van der Waals surface area (Å²) in [5, 5.41) is 14.6. The van der Waals surface area contributed by atoms with Crippen LogP contribution in [-0.2, 0) is 0 Å². The predicted octanol–water partition coefficient (Wildman–Crippen LogP) is 5.18. The molecule has 0 aliphatic heterocycles. The van der Waals surface area contributed by atoms with E-state index in [0.717, 1.165) is 16.3 Å². The Balaban J connectivity index is 1.53. The molecule has 0 saturated heterocycles. The molecule has 7 nitrogen and oxygen atoms in total. The third kappa shape index (κ3) is 3.62. The lowest BCUT2D eigenvalue weighted by Gasteiger charge is -2.10. The SMILES string of the molecule is CC(C)n1ncc2c(C(=O)Nc3ccn(-c4ccccc4)n3)cc(-c3cccs3)nc21. The molecule has 0 spiro atoms. The zero-order valence-electron chi connectivity index (χ0n) is 17.1. The molecule has 0 radical (unpaired) electrons. The van der Waals surface area contributed by atoms with E-state index in [1.165, 1.54) is 0 Å². The summed E-state index contributed by atoms with van der Waals surface area (Å²) in [6, 6.07) is 17.5. The van der Waals surface area contributed by atoms with Crippen LogP contribution in [0.2, 0.25) is 0 Å². The third-order valence-electron chi connectivity index (χ3n) is 4.93. The number of aromatic nitrogens is 5. The number of thiophene rings is 1. The van der Waals surface area contributed by atoms with E-state index in [1.54, 1.807) is 28.3 Å². The fourth-order valence-corrected chi connectivity index (χ4v) is 4.12. The first-order valence-corrected chi connectivity index (χ1v) is 10.8. The Labute approximate surface area is 183 Å². The molecule has 0 aliphatic rings. The molecule has 4 heterocycles. The Kier molecular flexibility index (Phi) is 4.83. The number of para-hydroxylation sites is 1. The second-order valence-electron chi connectivity index (χ2n) is 7.39. The highest BCUT2D eigenvalue weighted by atomic mass is 32.1. The van der Waals surface area contributed by atoms with Crippen LogP contribution < -0.4 is 5.32 Å². The van der Waals surface area contributed by atoms with E-state index in [4.69, 9.17) is 4.98 Å². The van der Waals surface area contributed by atoms with Crippen molar-refractivity contribution in [3.05, 3.63) is 77.9 Å². The second kappa shape index (κ2) is 7.81. The fourth-order valence-electron chi connectivity index (χ4n) is 3.43. The average molecular weight is 429 g/mol. The van der Waals surface area contributed by atoms with Gasteiger partial charge < -0.3 is 5.32 Å². The molecule has 0 fully saturated rings. The third-order valence-corrected chi connectivity index (χ3v) is 5.82. The van der Waals surface area contributed by atoms with Crippen LogP contribution in [0.25, 0.3) is 27.3 Å². The summed E-state index contributed by atoms with van der Waals surface area (Å²) in [4.78, 5) is 19.1. The highest BCUT2D eigenvalue weighted by molar-refractivity contribution is 7.13. The molecule has 8 heteroatoms. The summed E-state index contributed by atoms with van der Waals surface area (Å²) < 4.78 is 3.57. The number of benzene rings is 1. The standard InChI is InChI=1S/C23H20N6OS/c1-15(2)29-22-18(14-24-29)17(13-19(25-22)20-9-6-12-31-20)23(30)26-21-10-11-28(27-21)16-7-4-3-5-8-16/h3-15H,1-2H3,(H,26,27,30). The van der Waals surface area contributed by atoms with Gasteiger partial charge in [-0.2, -0.15) is 10.2 Å². The Morgan fingerprint density at radius 3 is 2.68 bits per heavy atom. The monoisotopic (exact) mass is 428 g/mol. The molecule has 31 heavy (non-hydrogen) atoms. The number of carbonyl (C=O) groups is 1. The van der Waals surface area contributed by atoms with Gasteiger partial charge in [-0.25, -0.2) is 14.3 Å². The van der Waals surface area contributed by atoms with Gasteiger partial charge in [0.05, 0.1) is 33.4 Å². The summed E-state index contributed by atoms with van der Waals surface area (Å²) in [6.45, 7) is 4.09. The molecule has 0 bridgehead atoms. The molecule has 1 amide bonds. The number of hydrogen-bond donors (Lipinski definition) is 1. The van der Waals surface area contributed by atoms with Crippen molar-refractivity contribution in [2.45, 2.75) is 19.9 Å². The number of pyridine rings is 1. The summed E-state index contributed by atoms with van der Waals surface area (Å²) >= 11 is 1.59. The second-order valence-corrected chi connectivity index (χ2v) is 8.34. The molecule has 5 rings (SSSR count). The Morgan fingerprint density at radius 1 is 1.10 bits per heavy atom. The van der Waals surface area contributed by atoms with Crippen molar-refractivity contribution < 1.29 is 4.79 Å². The topological polar surface area (TPSA) is 77.6 Å². The Bertz CT molecular complexity index is 1350. The van der Waals surface area contributed by atoms with Gasteiger partial charge in [0.2, 0.25) is 0 Å². The minimum atomic E-state index is -0.244. The minimum Gasteiger partial charge on any atom is -0.305 e. The maximum Gasteiger partial charge on any atom is 0.257 e. The highest BCUT2D eigenvalue weighted by Gasteiger charge is 2.19. The van der Waals surface area contributed by atoms with Crippen LogP contribution in [0.4, 0.5) is 5.82 Å². The lowest BCUT2D eigenvalue weighted by molar-refractivity contribution is 0.102. The zero-order chi connectivity index (χ0) is 21.4. The molecule has 1 N–H and O–H groups in total. The normalized spacial score (nSPS) is 11.3. The van der Waals surface area contributed by atoms with Gasteiger partial charge in [0.25, 0.3) is 5.91 Å². The van der Waals surface area contributed by atoms with E-state index < -0.39 is 0 Å². The minimum absolute atomic E-state index is 0.126. The smallest absolute Gasteiger partial charge is 0.257 e. The van der Waals surface area contributed by atoms with Crippen molar-refractivity contribution in [2.24, 2.45) is 0 Å². The van der Waals surface area contributed by atoms with Crippen molar-refractivity contribution in [1.82, 2.24) is 24.5 Å². The molecule has 4 aromatic heterocycles. The lowest BCUT2D eigenvalue weighted by Crippen LogP contribution is -2.14. The number of rotatable bonds is 5. The van der Waals surface area contributed by atoms with Gasteiger partial charge in [0.15, 0.2) is 11.5 Å². The predicted molar refractivity (Wildman–Crippen MR) is 123 cm³/mol. The molecule has 0 aliphatic carbocycles. The van der Waals surface area contributed by atoms with E-state index >= 15 is 0 Å². The largest absolute Gasteiger partial charge is 0.305 e. The quantitative estimate of drug-likeness (QED) is 0.418. The van der Waals surface area contributed by atoms with Crippen molar-refractivity contribution in [1.29, 1.82) is 0 Å². The number of fused-ring (bicyclic) bond motifs is 1. The Morgan fingerprint density at radius 2 is 1.94 bits per heavy atom. The lowest BCUT2D eigenvalue weighted by atomic mass is 10.1. The molecule has 1 aromatic carbocycles. The van der Waals surface area contributed by atoms with Crippen LogP contribution in [0.3, 0.4) is 0 Å². The number of nitrogens with one attached hydrogen (secondary N) is 1. The van der Waals surface area contributed by atoms with E-state index in [1.807, 2.05) is 78.6 Å². The van der Waals surface area contributed by atoms with Gasteiger partial charge in [0, 0.05) is 18.3 Å². The number of carbonyl (C=O) groups excluding carboxylic acids is 1. The van der Waals surface area contributed by atoms with Crippen molar-refractivity contribution >= 4 is 34.1 Å². The summed E-state index contributed by atoms with van der Waals surface area (Å²) in [5.74, 6) is 0.236. The van der Waals surface area contributed by atoms with Crippen LogP contribution in [-0.4, -0.2) is 30.5 Å². The molecule has 0 saturated carbocycles. The van der Waals surface area contributed by atoms with Crippen LogP contribution in [0, 0.1) is 0 Å².